The van der Waals surface area contributed by atoms with Gasteiger partial charge in [-0.1, -0.05) is 18.6 Å². The van der Waals surface area contributed by atoms with Crippen molar-refractivity contribution in [3.63, 3.8) is 0 Å². The molecule has 72 valence electrons. The van der Waals surface area contributed by atoms with Gasteiger partial charge in [0.25, 0.3) is 0 Å². The van der Waals surface area contributed by atoms with E-state index in [-0.39, 0.29) is 5.41 Å². The standard InChI is InChI=1S/C12H18O/c1-9-5-3-6-10-7-4-8-11(13)12(9,10)2/h7,9H,3-6,8H2,1-2H3. The minimum atomic E-state index is -0.0868. The van der Waals surface area contributed by atoms with E-state index in [1.165, 1.54) is 18.4 Å². The van der Waals surface area contributed by atoms with E-state index in [0.29, 0.717) is 11.7 Å². The van der Waals surface area contributed by atoms with Crippen LogP contribution in [-0.2, 0) is 4.79 Å². The van der Waals surface area contributed by atoms with Gasteiger partial charge < -0.3 is 0 Å². The quantitative estimate of drug-likeness (QED) is 0.521. The molecule has 2 aliphatic carbocycles. The molecule has 0 amide bonds. The molecule has 0 aromatic carbocycles. The average Bonchev–Trinajstić information content (AvgIpc) is 2.10. The lowest BCUT2D eigenvalue weighted by molar-refractivity contribution is -0.129. The van der Waals surface area contributed by atoms with Crippen LogP contribution in [0.1, 0.15) is 46.0 Å². The van der Waals surface area contributed by atoms with Gasteiger partial charge in [-0.2, -0.15) is 0 Å². The zero-order valence-corrected chi connectivity index (χ0v) is 8.60. The van der Waals surface area contributed by atoms with Crippen molar-refractivity contribution in [1.82, 2.24) is 0 Å². The molecule has 0 radical (unpaired) electrons. The van der Waals surface area contributed by atoms with Gasteiger partial charge in [-0.3, -0.25) is 4.79 Å². The predicted octanol–water partition coefficient (Wildman–Crippen LogP) is 3.10. The van der Waals surface area contributed by atoms with Crippen LogP contribution in [0, 0.1) is 11.3 Å². The summed E-state index contributed by atoms with van der Waals surface area (Å²) < 4.78 is 0. The number of carbonyl (C=O) groups is 1. The summed E-state index contributed by atoms with van der Waals surface area (Å²) in [6.07, 6.45) is 7.72. The molecule has 0 spiro atoms. The monoisotopic (exact) mass is 178 g/mol. The molecule has 1 saturated carbocycles. The van der Waals surface area contributed by atoms with E-state index < -0.39 is 0 Å². The van der Waals surface area contributed by atoms with Crippen LogP contribution in [0.5, 0.6) is 0 Å². The van der Waals surface area contributed by atoms with Crippen molar-refractivity contribution in [1.29, 1.82) is 0 Å². The van der Waals surface area contributed by atoms with E-state index in [4.69, 9.17) is 0 Å². The number of carbonyl (C=O) groups excluding carboxylic acids is 1. The van der Waals surface area contributed by atoms with Gasteiger partial charge >= 0.3 is 0 Å². The van der Waals surface area contributed by atoms with Crippen LogP contribution in [0.2, 0.25) is 0 Å². The van der Waals surface area contributed by atoms with Gasteiger partial charge in [0.15, 0.2) is 0 Å². The molecule has 0 aromatic rings. The highest BCUT2D eigenvalue weighted by molar-refractivity contribution is 5.89. The van der Waals surface area contributed by atoms with Crippen molar-refractivity contribution < 1.29 is 4.79 Å². The summed E-state index contributed by atoms with van der Waals surface area (Å²) in [6, 6.07) is 0. The van der Waals surface area contributed by atoms with E-state index in [2.05, 4.69) is 19.9 Å². The second-order valence-electron chi connectivity index (χ2n) is 4.69. The Morgan fingerprint density at radius 3 is 2.92 bits per heavy atom. The lowest BCUT2D eigenvalue weighted by Gasteiger charge is -2.43. The second-order valence-corrected chi connectivity index (χ2v) is 4.69. The second kappa shape index (κ2) is 2.97. The summed E-state index contributed by atoms with van der Waals surface area (Å²) in [6.45, 7) is 4.39. The first-order chi connectivity index (χ1) is 6.15. The molecule has 1 nitrogen and oxygen atoms in total. The maximum absolute atomic E-state index is 11.9. The highest BCUT2D eigenvalue weighted by Gasteiger charge is 2.44. The largest absolute Gasteiger partial charge is 0.299 e. The normalized spacial score (nSPS) is 39.7. The van der Waals surface area contributed by atoms with Crippen LogP contribution in [0.15, 0.2) is 11.6 Å². The number of ketones is 1. The Balaban J connectivity index is 2.40. The van der Waals surface area contributed by atoms with Crippen LogP contribution >= 0.6 is 0 Å². The highest BCUT2D eigenvalue weighted by Crippen LogP contribution is 2.48. The Labute approximate surface area is 80.2 Å². The molecule has 0 bridgehead atoms. The minimum Gasteiger partial charge on any atom is -0.299 e. The van der Waals surface area contributed by atoms with Crippen molar-refractivity contribution in [2.24, 2.45) is 11.3 Å². The van der Waals surface area contributed by atoms with Crippen molar-refractivity contribution in [3.05, 3.63) is 11.6 Å². The molecular formula is C12H18O. The van der Waals surface area contributed by atoms with Crippen molar-refractivity contribution in [3.8, 4) is 0 Å². The van der Waals surface area contributed by atoms with E-state index in [9.17, 15) is 4.79 Å². The molecule has 0 heterocycles. The zero-order valence-electron chi connectivity index (χ0n) is 8.60. The van der Waals surface area contributed by atoms with Crippen LogP contribution in [-0.4, -0.2) is 5.78 Å². The number of allylic oxidation sites excluding steroid dienone is 2. The molecule has 0 N–H and O–H groups in total. The van der Waals surface area contributed by atoms with E-state index >= 15 is 0 Å². The number of hydrogen-bond acceptors (Lipinski definition) is 1. The van der Waals surface area contributed by atoms with Crippen LogP contribution in [0.25, 0.3) is 0 Å². The molecular weight excluding hydrogens is 160 g/mol. The van der Waals surface area contributed by atoms with Gasteiger partial charge in [0.05, 0.1) is 0 Å². The van der Waals surface area contributed by atoms with Gasteiger partial charge in [0.2, 0.25) is 0 Å². The number of rotatable bonds is 0. The first-order valence-corrected chi connectivity index (χ1v) is 5.38. The summed E-state index contributed by atoms with van der Waals surface area (Å²) in [7, 11) is 0. The molecule has 0 saturated heterocycles. The number of Topliss-reactive ketones (excluding diaryl/α,β-unsaturated/α-hetero) is 1. The third-order valence-electron chi connectivity index (χ3n) is 4.08. The average molecular weight is 178 g/mol. The third-order valence-corrected chi connectivity index (χ3v) is 4.08. The topological polar surface area (TPSA) is 17.1 Å². The first kappa shape index (κ1) is 8.98. The van der Waals surface area contributed by atoms with Gasteiger partial charge in [0.1, 0.15) is 5.78 Å². The van der Waals surface area contributed by atoms with Crippen LogP contribution in [0.4, 0.5) is 0 Å². The maximum Gasteiger partial charge on any atom is 0.143 e. The summed E-state index contributed by atoms with van der Waals surface area (Å²) in [4.78, 5) is 11.9. The van der Waals surface area contributed by atoms with Crippen molar-refractivity contribution in [2.45, 2.75) is 46.0 Å². The fourth-order valence-corrected chi connectivity index (χ4v) is 2.87. The molecule has 0 aliphatic heterocycles. The Morgan fingerprint density at radius 1 is 1.46 bits per heavy atom. The zero-order chi connectivity index (χ0) is 9.47. The molecule has 2 rings (SSSR count). The van der Waals surface area contributed by atoms with Crippen LogP contribution < -0.4 is 0 Å². The SMILES string of the molecule is CC1CCCC2=CCCC(=O)C21C. The Hall–Kier alpha value is -0.590. The van der Waals surface area contributed by atoms with Crippen molar-refractivity contribution in [2.75, 3.05) is 0 Å². The lowest BCUT2D eigenvalue weighted by Crippen LogP contribution is -2.40. The summed E-state index contributed by atoms with van der Waals surface area (Å²) >= 11 is 0. The van der Waals surface area contributed by atoms with E-state index in [1.54, 1.807) is 0 Å². The van der Waals surface area contributed by atoms with E-state index in [1.807, 2.05) is 0 Å². The first-order valence-electron chi connectivity index (χ1n) is 5.38. The van der Waals surface area contributed by atoms with Crippen LogP contribution in [0.3, 0.4) is 0 Å². The molecule has 1 fully saturated rings. The number of fused-ring (bicyclic) bond motifs is 1. The molecule has 2 atom stereocenters. The van der Waals surface area contributed by atoms with Gasteiger partial charge in [-0.15, -0.1) is 0 Å². The molecule has 13 heavy (non-hydrogen) atoms. The molecule has 2 unspecified atom stereocenters. The fourth-order valence-electron chi connectivity index (χ4n) is 2.87. The molecule has 2 aliphatic rings. The van der Waals surface area contributed by atoms with Gasteiger partial charge in [-0.25, -0.2) is 0 Å². The smallest absolute Gasteiger partial charge is 0.143 e. The summed E-state index contributed by atoms with van der Waals surface area (Å²) in [5.41, 5.74) is 1.35. The van der Waals surface area contributed by atoms with E-state index in [0.717, 1.165) is 19.3 Å². The Morgan fingerprint density at radius 2 is 2.23 bits per heavy atom. The fraction of sp³-hybridized carbons (Fsp3) is 0.750. The highest BCUT2D eigenvalue weighted by atomic mass is 16.1. The Bertz CT molecular complexity index is 264. The molecule has 1 heteroatoms. The lowest BCUT2D eigenvalue weighted by atomic mass is 9.60. The molecule has 0 aromatic heterocycles. The summed E-state index contributed by atoms with van der Waals surface area (Å²) in [5.74, 6) is 1.04. The maximum atomic E-state index is 11.9. The number of hydrogen-bond donors (Lipinski definition) is 0. The van der Waals surface area contributed by atoms with Crippen molar-refractivity contribution >= 4 is 5.78 Å². The summed E-state index contributed by atoms with van der Waals surface area (Å²) in [5, 5.41) is 0. The third kappa shape index (κ3) is 1.17. The Kier molecular flexibility index (Phi) is 2.05. The minimum absolute atomic E-state index is 0.0868. The van der Waals surface area contributed by atoms with Gasteiger partial charge in [0, 0.05) is 11.8 Å². The predicted molar refractivity (Wildman–Crippen MR) is 53.4 cm³/mol. The van der Waals surface area contributed by atoms with Gasteiger partial charge in [-0.05, 0) is 38.5 Å².